The summed E-state index contributed by atoms with van der Waals surface area (Å²) in [7, 11) is 0. The van der Waals surface area contributed by atoms with Gasteiger partial charge >= 0.3 is 0 Å². The van der Waals surface area contributed by atoms with Crippen molar-refractivity contribution in [2.24, 2.45) is 10.8 Å². The lowest BCUT2D eigenvalue weighted by Crippen LogP contribution is -2.42. The first-order valence-electron chi connectivity index (χ1n) is 18.0. The average Bonchev–Trinajstić information content (AvgIpc) is 3.39. The highest BCUT2D eigenvalue weighted by Crippen LogP contribution is 2.53. The number of nitrogens with one attached hydrogen (secondary N) is 1. The Kier molecular flexibility index (Phi) is 10.2. The van der Waals surface area contributed by atoms with Crippen LogP contribution in [0.2, 0.25) is 0 Å². The summed E-state index contributed by atoms with van der Waals surface area (Å²) >= 11 is 0. The fraction of sp³-hybridized carbons (Fsp3) is 0.405. The van der Waals surface area contributed by atoms with Gasteiger partial charge in [0.25, 0.3) is 5.91 Å². The SMILES string of the molecule is CC1(C)CC2CC(C)(CN2C[C@H]2C[C@@H](c3ccc(CO)cc3)O[C@@H](c3ccc(-c4cccc(CNC(=O)c5c(F)c(F)c(F)c(F)c5F)c4)cc3)O2)C1. The molecule has 1 aliphatic carbocycles. The van der Waals surface area contributed by atoms with Crippen LogP contribution in [0.25, 0.3) is 11.1 Å². The number of ether oxygens (including phenoxy) is 2. The molecule has 4 aromatic carbocycles. The monoisotopic (exact) mass is 734 g/mol. The second kappa shape index (κ2) is 14.6. The molecule has 1 saturated carbocycles. The number of aliphatic hydroxyl groups is 1. The van der Waals surface area contributed by atoms with E-state index in [1.807, 2.05) is 54.6 Å². The van der Waals surface area contributed by atoms with Crippen molar-refractivity contribution in [3.8, 4) is 11.1 Å². The number of aliphatic hydroxyl groups excluding tert-OH is 1. The number of amides is 1. The second-order valence-electron chi connectivity index (χ2n) is 15.9. The van der Waals surface area contributed by atoms with Crippen molar-refractivity contribution in [1.29, 1.82) is 0 Å². The van der Waals surface area contributed by atoms with Crippen molar-refractivity contribution in [2.75, 3.05) is 13.1 Å². The maximum Gasteiger partial charge on any atom is 0.257 e. The standard InChI is InChI=1S/C42H43F5N2O4/c1-41(2)17-30-18-42(3,22-41)23-49(30)20-31-16-32(27-9-7-24(21-50)8-10-27)53-40(52-31)28-13-11-26(12-14-28)29-6-4-5-25(15-29)19-48-39(51)33-34(43)36(45)38(47)37(46)35(33)44/h4-15,30-32,40,50H,16-23H2,1-3H3,(H,48,51)/t30?,31-,32+,40+,42?/m1/s1. The van der Waals surface area contributed by atoms with E-state index in [1.54, 1.807) is 18.2 Å². The van der Waals surface area contributed by atoms with Crippen LogP contribution in [0.1, 0.15) is 91.5 Å². The molecule has 4 aromatic rings. The van der Waals surface area contributed by atoms with Gasteiger partial charge in [0.15, 0.2) is 29.6 Å². The van der Waals surface area contributed by atoms with Crippen LogP contribution in [0.4, 0.5) is 22.0 Å². The molecule has 3 aliphatic rings. The Morgan fingerprint density at radius 2 is 1.47 bits per heavy atom. The van der Waals surface area contributed by atoms with Crippen molar-refractivity contribution < 1.29 is 41.3 Å². The van der Waals surface area contributed by atoms with E-state index in [2.05, 4.69) is 31.0 Å². The van der Waals surface area contributed by atoms with Gasteiger partial charge in [-0.2, -0.15) is 0 Å². The zero-order valence-corrected chi connectivity index (χ0v) is 29.9. The number of carbonyl (C=O) groups is 1. The summed E-state index contributed by atoms with van der Waals surface area (Å²) in [6.45, 7) is 8.77. The van der Waals surface area contributed by atoms with E-state index >= 15 is 0 Å². The number of rotatable bonds is 9. The molecule has 0 radical (unpaired) electrons. The number of benzene rings is 4. The third-order valence-corrected chi connectivity index (χ3v) is 10.9. The quantitative estimate of drug-likeness (QED) is 0.102. The predicted molar refractivity (Wildman–Crippen MR) is 189 cm³/mol. The highest BCUT2D eigenvalue weighted by Gasteiger charge is 2.50. The van der Waals surface area contributed by atoms with E-state index in [-0.39, 0.29) is 25.4 Å². The largest absolute Gasteiger partial charge is 0.392 e. The van der Waals surface area contributed by atoms with Crippen LogP contribution in [0.5, 0.6) is 0 Å². The van der Waals surface area contributed by atoms with Gasteiger partial charge < -0.3 is 19.9 Å². The van der Waals surface area contributed by atoms with Crippen molar-refractivity contribution >= 4 is 5.91 Å². The summed E-state index contributed by atoms with van der Waals surface area (Å²) in [5, 5.41) is 11.8. The fourth-order valence-corrected chi connectivity index (χ4v) is 8.85. The van der Waals surface area contributed by atoms with Gasteiger partial charge in [0.05, 0.1) is 18.8 Å². The van der Waals surface area contributed by atoms with Crippen molar-refractivity contribution in [2.45, 2.75) is 84.1 Å². The second-order valence-corrected chi connectivity index (χ2v) is 15.9. The maximum absolute atomic E-state index is 14.2. The normalized spacial score (nSPS) is 25.4. The number of likely N-dealkylation sites (tertiary alicyclic amines) is 1. The molecule has 53 heavy (non-hydrogen) atoms. The first kappa shape index (κ1) is 37.2. The molecule has 0 aromatic heterocycles. The Morgan fingerprint density at radius 3 is 2.15 bits per heavy atom. The van der Waals surface area contributed by atoms with E-state index in [0.29, 0.717) is 28.9 Å². The lowest BCUT2D eigenvalue weighted by molar-refractivity contribution is -0.253. The molecular weight excluding hydrogens is 691 g/mol. The van der Waals surface area contributed by atoms with Gasteiger partial charge in [-0.05, 0) is 64.0 Å². The number of hydrogen-bond acceptors (Lipinski definition) is 5. The number of halogens is 5. The minimum absolute atomic E-state index is 0.0338. The van der Waals surface area contributed by atoms with Crippen LogP contribution in [0, 0.1) is 39.9 Å². The third-order valence-electron chi connectivity index (χ3n) is 10.9. The summed E-state index contributed by atoms with van der Waals surface area (Å²) in [5.74, 6) is -12.5. The number of fused-ring (bicyclic) bond motifs is 2. The summed E-state index contributed by atoms with van der Waals surface area (Å²) in [4.78, 5) is 15.1. The third kappa shape index (κ3) is 7.76. The van der Waals surface area contributed by atoms with Crippen molar-refractivity contribution in [3.05, 3.63) is 130 Å². The first-order chi connectivity index (χ1) is 25.2. The number of nitrogens with zero attached hydrogens (tertiary/aromatic N) is 1. The molecule has 5 atom stereocenters. The lowest BCUT2D eigenvalue weighted by atomic mass is 9.65. The van der Waals surface area contributed by atoms with Gasteiger partial charge in [-0.1, -0.05) is 87.5 Å². The first-order valence-corrected chi connectivity index (χ1v) is 18.0. The molecule has 11 heteroatoms. The van der Waals surface area contributed by atoms with Gasteiger partial charge in [-0.3, -0.25) is 9.69 Å². The minimum Gasteiger partial charge on any atom is -0.392 e. The van der Waals surface area contributed by atoms with Gasteiger partial charge in [0, 0.05) is 37.7 Å². The van der Waals surface area contributed by atoms with Gasteiger partial charge in [0.2, 0.25) is 5.82 Å². The fourth-order valence-electron chi connectivity index (χ4n) is 8.85. The predicted octanol–water partition coefficient (Wildman–Crippen LogP) is 8.92. The molecule has 1 amide bonds. The Balaban J connectivity index is 1.07. The van der Waals surface area contributed by atoms with E-state index in [4.69, 9.17) is 9.47 Å². The Bertz CT molecular complexity index is 1960. The topological polar surface area (TPSA) is 71.0 Å². The Labute approximate surface area is 305 Å². The van der Waals surface area contributed by atoms with Gasteiger partial charge in [-0.15, -0.1) is 0 Å². The van der Waals surface area contributed by atoms with E-state index < -0.39 is 46.8 Å². The Hall–Kier alpha value is -4.16. The molecular formula is C42H43F5N2O4. The molecule has 2 saturated heterocycles. The molecule has 6 nitrogen and oxygen atoms in total. The van der Waals surface area contributed by atoms with Crippen LogP contribution in [0.3, 0.4) is 0 Å². The van der Waals surface area contributed by atoms with Crippen LogP contribution in [-0.2, 0) is 22.6 Å². The lowest BCUT2D eigenvalue weighted by Gasteiger charge is -2.41. The van der Waals surface area contributed by atoms with E-state index in [9.17, 15) is 31.9 Å². The van der Waals surface area contributed by atoms with Crippen LogP contribution >= 0.6 is 0 Å². The molecule has 280 valence electrons. The summed E-state index contributed by atoms with van der Waals surface area (Å²) in [6, 6.07) is 23.1. The molecule has 2 heterocycles. The molecule has 7 rings (SSSR count). The average molecular weight is 735 g/mol. The zero-order valence-electron chi connectivity index (χ0n) is 29.9. The van der Waals surface area contributed by atoms with Crippen molar-refractivity contribution in [1.82, 2.24) is 10.2 Å². The molecule has 3 fully saturated rings. The van der Waals surface area contributed by atoms with Gasteiger partial charge in [0.1, 0.15) is 5.56 Å². The number of hydrogen-bond donors (Lipinski definition) is 2. The molecule has 2 unspecified atom stereocenters. The molecule has 2 N–H and O–H groups in total. The highest BCUT2D eigenvalue weighted by atomic mass is 19.2. The molecule has 2 bridgehead atoms. The summed E-state index contributed by atoms with van der Waals surface area (Å²) in [5.41, 5.74) is 3.93. The van der Waals surface area contributed by atoms with Gasteiger partial charge in [-0.25, -0.2) is 22.0 Å². The van der Waals surface area contributed by atoms with Crippen LogP contribution in [-0.4, -0.2) is 41.1 Å². The Morgan fingerprint density at radius 1 is 0.811 bits per heavy atom. The minimum atomic E-state index is -2.33. The smallest absolute Gasteiger partial charge is 0.257 e. The highest BCUT2D eigenvalue weighted by molar-refractivity contribution is 5.94. The molecule has 2 aliphatic heterocycles. The zero-order chi connectivity index (χ0) is 37.7. The van der Waals surface area contributed by atoms with Crippen LogP contribution < -0.4 is 5.32 Å². The number of carbonyl (C=O) groups excluding carboxylic acids is 1. The van der Waals surface area contributed by atoms with E-state index in [1.165, 1.54) is 19.3 Å². The summed E-state index contributed by atoms with van der Waals surface area (Å²) in [6.07, 6.45) is 3.38. The molecule has 0 spiro atoms. The van der Waals surface area contributed by atoms with Crippen molar-refractivity contribution in [3.63, 3.8) is 0 Å². The van der Waals surface area contributed by atoms with Crippen LogP contribution in [0.15, 0.2) is 72.8 Å². The maximum atomic E-state index is 14.2. The summed E-state index contributed by atoms with van der Waals surface area (Å²) < 4.78 is 82.3. The van der Waals surface area contributed by atoms with E-state index in [0.717, 1.165) is 40.9 Å².